The number of carboxylic acids is 1. The van der Waals surface area contributed by atoms with E-state index in [0.29, 0.717) is 6.42 Å². The normalized spacial score (nSPS) is 10.9. The van der Waals surface area contributed by atoms with Crippen LogP contribution in [0.2, 0.25) is 0 Å². The summed E-state index contributed by atoms with van der Waals surface area (Å²) >= 11 is 0. The Labute approximate surface area is 105 Å². The maximum Gasteiger partial charge on any atom is 0.373 e. The molecular weight excluding hydrogens is 307 g/mol. The van der Waals surface area contributed by atoms with E-state index in [4.69, 9.17) is 10.4 Å². The summed E-state index contributed by atoms with van der Waals surface area (Å²) in [6.07, 6.45) is 3.69. The number of nitrogens with zero attached hydrogens (tertiary/aromatic N) is 2. The molecule has 0 radical (unpaired) electrons. The lowest BCUT2D eigenvalue weighted by atomic mass is 10.2. The maximum atomic E-state index is 10.6. The lowest BCUT2D eigenvalue weighted by Gasteiger charge is -2.01. The predicted molar refractivity (Wildman–Crippen MR) is 48.3 cm³/mol. The molecule has 1 rings (SSSR count). The van der Waals surface area contributed by atoms with E-state index in [0.717, 1.165) is 5.56 Å². The molecule has 1 N–H and O–H groups in total. The molecule has 0 fully saturated rings. The summed E-state index contributed by atoms with van der Waals surface area (Å²) in [6, 6.07) is 4.96. The fourth-order valence-corrected chi connectivity index (χ4v) is 1.06. The summed E-state index contributed by atoms with van der Waals surface area (Å²) in [5.41, 5.74) is 0.890. The first kappa shape index (κ1) is 13.8. The van der Waals surface area contributed by atoms with Crippen molar-refractivity contribution in [2.24, 2.45) is 0 Å². The van der Waals surface area contributed by atoms with Gasteiger partial charge in [0.1, 0.15) is 0 Å². The van der Waals surface area contributed by atoms with Gasteiger partial charge in [-0.1, -0.05) is 0 Å². The predicted octanol–water partition coefficient (Wildman–Crippen LogP) is -2.31. The smallest absolute Gasteiger partial charge is 0.373 e. The number of aliphatic carboxylic acids is 1. The standard InChI is InChI=1S/C10H10N2O2.HI/c1-8(10(13)14)12-6-3-9(2-5-11)4-7-12;/h3-4,6-8H,2H2,1H3;1H. The van der Waals surface area contributed by atoms with Crippen LogP contribution in [0.5, 0.6) is 0 Å². The Bertz CT molecular complexity index is 370. The van der Waals surface area contributed by atoms with Crippen LogP contribution in [-0.2, 0) is 11.2 Å². The maximum absolute atomic E-state index is 10.6. The first-order valence-corrected chi connectivity index (χ1v) is 4.24. The molecule has 0 aromatic carbocycles. The van der Waals surface area contributed by atoms with Crippen molar-refractivity contribution >= 4 is 5.97 Å². The highest BCUT2D eigenvalue weighted by molar-refractivity contribution is 5.69. The van der Waals surface area contributed by atoms with E-state index in [-0.39, 0.29) is 24.0 Å². The minimum atomic E-state index is -0.872. The fraction of sp³-hybridized carbons (Fsp3) is 0.300. The van der Waals surface area contributed by atoms with Crippen molar-refractivity contribution in [3.63, 3.8) is 0 Å². The summed E-state index contributed by atoms with van der Waals surface area (Å²) in [4.78, 5) is 10.6. The molecular formula is C10H11IN2O2. The van der Waals surface area contributed by atoms with Crippen molar-refractivity contribution in [3.8, 4) is 6.07 Å². The van der Waals surface area contributed by atoms with Crippen LogP contribution in [0.1, 0.15) is 18.5 Å². The second-order valence-electron chi connectivity index (χ2n) is 3.00. The third kappa shape index (κ3) is 3.83. The van der Waals surface area contributed by atoms with Gasteiger partial charge in [0.25, 0.3) is 6.04 Å². The van der Waals surface area contributed by atoms with Crippen molar-refractivity contribution in [2.75, 3.05) is 0 Å². The highest BCUT2D eigenvalue weighted by Gasteiger charge is 2.19. The first-order valence-electron chi connectivity index (χ1n) is 4.24. The van der Waals surface area contributed by atoms with E-state index in [1.165, 1.54) is 0 Å². The SMILES string of the molecule is CC(C(=O)O)[n+]1ccc(CC#N)cc1.[I-]. The third-order valence-corrected chi connectivity index (χ3v) is 2.01. The molecule has 0 aliphatic heterocycles. The van der Waals surface area contributed by atoms with Crippen molar-refractivity contribution in [1.29, 1.82) is 5.26 Å². The van der Waals surface area contributed by atoms with Gasteiger partial charge >= 0.3 is 5.97 Å². The van der Waals surface area contributed by atoms with Crippen LogP contribution in [0.25, 0.3) is 0 Å². The average Bonchev–Trinajstić information content (AvgIpc) is 2.18. The second-order valence-corrected chi connectivity index (χ2v) is 3.00. The van der Waals surface area contributed by atoms with Gasteiger partial charge in [-0.15, -0.1) is 0 Å². The van der Waals surface area contributed by atoms with E-state index in [9.17, 15) is 4.79 Å². The highest BCUT2D eigenvalue weighted by Crippen LogP contribution is 1.98. The summed E-state index contributed by atoms with van der Waals surface area (Å²) < 4.78 is 1.59. The van der Waals surface area contributed by atoms with Crippen molar-refractivity contribution < 1.29 is 38.4 Å². The Kier molecular flexibility index (Phi) is 5.86. The molecule has 1 heterocycles. The number of hydrogen-bond donors (Lipinski definition) is 1. The molecule has 5 heteroatoms. The van der Waals surface area contributed by atoms with Crippen LogP contribution in [0.3, 0.4) is 0 Å². The minimum Gasteiger partial charge on any atom is -1.00 e. The van der Waals surface area contributed by atoms with Gasteiger partial charge in [-0.25, -0.2) is 4.79 Å². The molecule has 0 saturated carbocycles. The zero-order valence-corrected chi connectivity index (χ0v) is 10.4. The Morgan fingerprint density at radius 3 is 2.53 bits per heavy atom. The molecule has 1 aromatic rings. The van der Waals surface area contributed by atoms with Crippen LogP contribution in [0.15, 0.2) is 24.5 Å². The van der Waals surface area contributed by atoms with Gasteiger partial charge in [0, 0.05) is 19.1 Å². The summed E-state index contributed by atoms with van der Waals surface area (Å²) in [6.45, 7) is 1.60. The molecule has 15 heavy (non-hydrogen) atoms. The summed E-state index contributed by atoms with van der Waals surface area (Å²) in [5, 5.41) is 17.2. The number of halogens is 1. The van der Waals surface area contributed by atoms with Gasteiger partial charge in [-0.05, 0) is 5.56 Å². The number of rotatable bonds is 3. The minimum absolute atomic E-state index is 0. The molecule has 4 nitrogen and oxygen atoms in total. The monoisotopic (exact) mass is 318 g/mol. The average molecular weight is 318 g/mol. The Balaban J connectivity index is 0.00000196. The first-order chi connectivity index (χ1) is 6.65. The van der Waals surface area contributed by atoms with Gasteiger partial charge in [0.15, 0.2) is 12.4 Å². The molecule has 0 bridgehead atoms. The molecule has 0 saturated heterocycles. The van der Waals surface area contributed by atoms with E-state index >= 15 is 0 Å². The number of carboxylic acid groups (broad SMARTS) is 1. The van der Waals surface area contributed by atoms with E-state index in [1.807, 2.05) is 6.07 Å². The largest absolute Gasteiger partial charge is 1.00 e. The highest BCUT2D eigenvalue weighted by atomic mass is 127. The topological polar surface area (TPSA) is 65.0 Å². The van der Waals surface area contributed by atoms with E-state index in [1.54, 1.807) is 36.0 Å². The number of nitriles is 1. The molecule has 1 unspecified atom stereocenters. The second kappa shape index (κ2) is 6.35. The van der Waals surface area contributed by atoms with Crippen LogP contribution in [0.4, 0.5) is 0 Å². The Hall–Kier alpha value is -1.16. The number of hydrogen-bond acceptors (Lipinski definition) is 2. The summed E-state index contributed by atoms with van der Waals surface area (Å²) in [5.74, 6) is -0.872. The zero-order chi connectivity index (χ0) is 10.6. The van der Waals surface area contributed by atoms with Crippen molar-refractivity contribution in [3.05, 3.63) is 30.1 Å². The molecule has 0 aliphatic rings. The van der Waals surface area contributed by atoms with Gasteiger partial charge in [0.2, 0.25) is 0 Å². The molecule has 0 spiro atoms. The van der Waals surface area contributed by atoms with Crippen molar-refractivity contribution in [2.45, 2.75) is 19.4 Å². The number of pyridine rings is 1. The molecule has 80 valence electrons. The molecule has 0 amide bonds. The van der Waals surface area contributed by atoms with Crippen LogP contribution in [-0.4, -0.2) is 11.1 Å². The van der Waals surface area contributed by atoms with Gasteiger partial charge in [-0.3, -0.25) is 0 Å². The van der Waals surface area contributed by atoms with Crippen LogP contribution >= 0.6 is 0 Å². The quantitative estimate of drug-likeness (QED) is 0.503. The van der Waals surface area contributed by atoms with E-state index < -0.39 is 12.0 Å². The lowest BCUT2D eigenvalue weighted by molar-refractivity contribution is -0.707. The van der Waals surface area contributed by atoms with Gasteiger partial charge in [0.05, 0.1) is 12.5 Å². The zero-order valence-electron chi connectivity index (χ0n) is 8.22. The Morgan fingerprint density at radius 1 is 1.60 bits per heavy atom. The van der Waals surface area contributed by atoms with Crippen molar-refractivity contribution in [1.82, 2.24) is 0 Å². The fourth-order valence-electron chi connectivity index (χ4n) is 1.06. The van der Waals surface area contributed by atoms with Crippen LogP contribution < -0.4 is 28.5 Å². The number of aromatic nitrogens is 1. The van der Waals surface area contributed by atoms with Gasteiger partial charge < -0.3 is 29.1 Å². The lowest BCUT2D eigenvalue weighted by Crippen LogP contribution is -3.00. The van der Waals surface area contributed by atoms with E-state index in [2.05, 4.69) is 0 Å². The van der Waals surface area contributed by atoms with Crippen LogP contribution in [0, 0.1) is 11.3 Å². The molecule has 1 aromatic heterocycles. The molecule has 0 aliphatic carbocycles. The number of carbonyl (C=O) groups is 1. The Morgan fingerprint density at radius 2 is 2.13 bits per heavy atom. The molecule has 1 atom stereocenters. The summed E-state index contributed by atoms with van der Waals surface area (Å²) in [7, 11) is 0. The van der Waals surface area contributed by atoms with Gasteiger partial charge in [-0.2, -0.15) is 9.83 Å². The third-order valence-electron chi connectivity index (χ3n) is 2.01.